The van der Waals surface area contributed by atoms with Gasteiger partial charge in [-0.25, -0.2) is 28.8 Å². The summed E-state index contributed by atoms with van der Waals surface area (Å²) in [6, 6.07) is 0. The van der Waals surface area contributed by atoms with Crippen LogP contribution in [0.5, 0.6) is 0 Å². The van der Waals surface area contributed by atoms with Crippen LogP contribution in [-0.4, -0.2) is 112 Å². The molecule has 40 heavy (non-hydrogen) atoms. The number of hydrogen-bond acceptors (Lipinski definition) is 15. The predicted molar refractivity (Wildman–Crippen MR) is 128 cm³/mol. The number of methoxy groups -OCH3 is 1. The minimum Gasteiger partial charge on any atom is -0.461 e. The van der Waals surface area contributed by atoms with E-state index >= 15 is 0 Å². The largest absolute Gasteiger partial charge is 0.461 e. The molecule has 226 valence electrons. The van der Waals surface area contributed by atoms with Crippen LogP contribution in [0.3, 0.4) is 0 Å². The molecule has 2 rings (SSSR count). The number of aliphatic hydroxyl groups excluding tert-OH is 1. The predicted octanol–water partition coefficient (Wildman–Crippen LogP) is -0.477. The minimum atomic E-state index is -1.23. The van der Waals surface area contributed by atoms with Crippen LogP contribution in [0.4, 0.5) is 0 Å². The molecule has 0 aliphatic carbocycles. The van der Waals surface area contributed by atoms with Gasteiger partial charge in [-0.3, -0.25) is 0 Å². The molecule has 0 radical (unpaired) electrons. The Labute approximate surface area is 230 Å². The van der Waals surface area contributed by atoms with E-state index in [9.17, 15) is 28.8 Å². The quantitative estimate of drug-likeness (QED) is 0.113. The third-order valence-corrected chi connectivity index (χ3v) is 5.96. The molecule has 0 bridgehead atoms. The van der Waals surface area contributed by atoms with E-state index in [-0.39, 0.29) is 39.6 Å². The van der Waals surface area contributed by atoms with Gasteiger partial charge in [-0.2, -0.15) is 0 Å². The van der Waals surface area contributed by atoms with Gasteiger partial charge in [0.15, 0.2) is 12.2 Å². The normalized spacial score (nSPS) is 21.1. The van der Waals surface area contributed by atoms with E-state index in [1.54, 1.807) is 0 Å². The van der Waals surface area contributed by atoms with Crippen LogP contribution >= 0.6 is 0 Å². The van der Waals surface area contributed by atoms with Crippen LogP contribution in [0.25, 0.3) is 0 Å². The topological polar surface area (TPSA) is 196 Å². The Morgan fingerprint density at radius 2 is 0.950 bits per heavy atom. The van der Waals surface area contributed by atoms with Gasteiger partial charge in [-0.05, 0) is 44.9 Å². The monoisotopic (exact) mass is 576 g/mol. The van der Waals surface area contributed by atoms with Crippen molar-refractivity contribution < 1.29 is 71.8 Å². The zero-order chi connectivity index (χ0) is 29.3. The Morgan fingerprint density at radius 3 is 1.35 bits per heavy atom. The van der Waals surface area contributed by atoms with Crippen molar-refractivity contribution in [3.8, 4) is 0 Å². The number of aliphatic hydroxyl groups is 1. The lowest BCUT2D eigenvalue weighted by Gasteiger charge is -2.16. The average molecular weight is 577 g/mol. The van der Waals surface area contributed by atoms with Crippen LogP contribution < -0.4 is 0 Å². The maximum atomic E-state index is 12.1. The number of fused-ring (bicyclic) bond motifs is 1. The highest BCUT2D eigenvalue weighted by atomic mass is 16.7. The van der Waals surface area contributed by atoms with Gasteiger partial charge in [0, 0.05) is 6.61 Å². The molecule has 0 spiro atoms. The minimum absolute atomic E-state index is 0.0341. The van der Waals surface area contributed by atoms with E-state index in [1.807, 2.05) is 0 Å². The molecule has 0 amide bonds. The van der Waals surface area contributed by atoms with E-state index in [0.717, 1.165) is 20.0 Å². The first kappa shape index (κ1) is 32.9. The van der Waals surface area contributed by atoms with Crippen LogP contribution in [0.2, 0.25) is 0 Å². The van der Waals surface area contributed by atoms with E-state index in [4.69, 9.17) is 38.3 Å². The number of ether oxygens (including phenoxy) is 8. The lowest BCUT2D eigenvalue weighted by molar-refractivity contribution is -0.174. The lowest BCUT2D eigenvalue weighted by atomic mass is 10.1. The summed E-state index contributed by atoms with van der Waals surface area (Å²) in [7, 11) is 1.03. The Morgan fingerprint density at radius 1 is 0.575 bits per heavy atom. The highest BCUT2D eigenvalue weighted by molar-refractivity contribution is 6.30. The number of carbonyl (C=O) groups excluding carboxylic acids is 6. The summed E-state index contributed by atoms with van der Waals surface area (Å²) in [6.07, 6.45) is 1.65. The van der Waals surface area contributed by atoms with E-state index in [0.29, 0.717) is 38.5 Å². The van der Waals surface area contributed by atoms with Crippen molar-refractivity contribution in [3.63, 3.8) is 0 Å². The molecule has 2 unspecified atom stereocenters. The van der Waals surface area contributed by atoms with Crippen molar-refractivity contribution in [2.24, 2.45) is 0 Å². The van der Waals surface area contributed by atoms with Crippen LogP contribution in [0, 0.1) is 0 Å². The molecule has 2 aliphatic rings. The molecular weight excluding hydrogens is 540 g/mol. The Hall–Kier alpha value is -3.30. The first-order valence-electron chi connectivity index (χ1n) is 13.1. The second-order valence-electron chi connectivity index (χ2n) is 8.93. The van der Waals surface area contributed by atoms with Gasteiger partial charge in [0.1, 0.15) is 12.2 Å². The molecule has 2 heterocycles. The molecular formula is C25H36O15. The standard InChI is InChI=1S/C25H36O15/c1-33-20(27)24(31)39-16-14-37-19-17(15-38-18(16)19)40-25(32)23(30)36-13-9-5-4-8-12-35-22(29)21(28)34-11-7-3-2-6-10-26/h16-19,26H,2-15H2,1H3/t16-,17-,18?,19?/m1/s1. The fourth-order valence-electron chi connectivity index (χ4n) is 3.88. The van der Waals surface area contributed by atoms with Crippen LogP contribution in [0.15, 0.2) is 0 Å². The number of esters is 6. The molecule has 15 nitrogen and oxygen atoms in total. The summed E-state index contributed by atoms with van der Waals surface area (Å²) < 4.78 is 39.9. The smallest absolute Gasteiger partial charge is 0.417 e. The third-order valence-electron chi connectivity index (χ3n) is 5.96. The second-order valence-corrected chi connectivity index (χ2v) is 8.93. The van der Waals surface area contributed by atoms with Gasteiger partial charge in [0.05, 0.1) is 40.1 Å². The Kier molecular flexibility index (Phi) is 14.9. The highest BCUT2D eigenvalue weighted by Gasteiger charge is 2.52. The molecule has 15 heteroatoms. The van der Waals surface area contributed by atoms with Gasteiger partial charge < -0.3 is 43.0 Å². The van der Waals surface area contributed by atoms with Crippen molar-refractivity contribution in [3.05, 3.63) is 0 Å². The molecule has 2 saturated heterocycles. The summed E-state index contributed by atoms with van der Waals surface area (Å²) in [4.78, 5) is 69.9. The summed E-state index contributed by atoms with van der Waals surface area (Å²) >= 11 is 0. The number of hydrogen-bond donors (Lipinski definition) is 1. The SMILES string of the molecule is COC(=O)C(=O)O[C@@H]1COC2C1OC[C@H]2OC(=O)C(=O)OCCCCCCOC(=O)C(=O)OCCCCCCO. The first-order valence-corrected chi connectivity index (χ1v) is 13.1. The molecule has 0 aromatic rings. The number of unbranched alkanes of at least 4 members (excludes halogenated alkanes) is 6. The third kappa shape index (κ3) is 11.1. The first-order chi connectivity index (χ1) is 19.3. The Balaban J connectivity index is 1.50. The second kappa shape index (κ2) is 18.1. The summed E-state index contributed by atoms with van der Waals surface area (Å²) in [5.74, 6) is -6.88. The zero-order valence-corrected chi connectivity index (χ0v) is 22.4. The fourth-order valence-corrected chi connectivity index (χ4v) is 3.88. The molecule has 0 aromatic heterocycles. The molecule has 2 aliphatic heterocycles. The van der Waals surface area contributed by atoms with Crippen LogP contribution in [0.1, 0.15) is 51.4 Å². The van der Waals surface area contributed by atoms with Gasteiger partial charge in [-0.15, -0.1) is 0 Å². The molecule has 2 fully saturated rings. The summed E-state index contributed by atoms with van der Waals surface area (Å²) in [5, 5.41) is 8.69. The van der Waals surface area contributed by atoms with Crippen molar-refractivity contribution >= 4 is 35.8 Å². The fraction of sp³-hybridized carbons (Fsp3) is 0.760. The zero-order valence-electron chi connectivity index (χ0n) is 22.4. The van der Waals surface area contributed by atoms with Gasteiger partial charge in [0.25, 0.3) is 0 Å². The summed E-state index contributed by atoms with van der Waals surface area (Å²) in [5.41, 5.74) is 0. The van der Waals surface area contributed by atoms with Crippen molar-refractivity contribution in [1.82, 2.24) is 0 Å². The van der Waals surface area contributed by atoms with Gasteiger partial charge in [0.2, 0.25) is 0 Å². The molecule has 4 atom stereocenters. The summed E-state index contributed by atoms with van der Waals surface area (Å²) in [6.45, 7) is 0.0403. The number of carbonyl (C=O) groups is 6. The molecule has 0 aromatic carbocycles. The van der Waals surface area contributed by atoms with E-state index in [1.165, 1.54) is 0 Å². The molecule has 0 saturated carbocycles. The molecule has 1 N–H and O–H groups in total. The maximum Gasteiger partial charge on any atom is 0.417 e. The number of rotatable bonds is 15. The maximum absolute atomic E-state index is 12.1. The highest BCUT2D eigenvalue weighted by Crippen LogP contribution is 2.30. The van der Waals surface area contributed by atoms with Gasteiger partial charge >= 0.3 is 35.8 Å². The Bertz CT molecular complexity index is 872. The van der Waals surface area contributed by atoms with E-state index < -0.39 is 60.2 Å². The van der Waals surface area contributed by atoms with Crippen molar-refractivity contribution in [1.29, 1.82) is 0 Å². The lowest BCUT2D eigenvalue weighted by Crippen LogP contribution is -2.38. The average Bonchev–Trinajstić information content (AvgIpc) is 3.53. The van der Waals surface area contributed by atoms with E-state index in [2.05, 4.69) is 4.74 Å². The van der Waals surface area contributed by atoms with Crippen LogP contribution in [-0.2, 0) is 66.7 Å². The van der Waals surface area contributed by atoms with Crippen molar-refractivity contribution in [2.45, 2.75) is 75.8 Å². The van der Waals surface area contributed by atoms with Crippen molar-refractivity contribution in [2.75, 3.05) is 46.8 Å². The van der Waals surface area contributed by atoms with Gasteiger partial charge in [-0.1, -0.05) is 6.42 Å².